The Morgan fingerprint density at radius 3 is 2.14 bits per heavy atom. The summed E-state index contributed by atoms with van der Waals surface area (Å²) in [5.41, 5.74) is 3.72. The molecule has 5 nitrogen and oxygen atoms in total. The zero-order valence-corrected chi connectivity index (χ0v) is 13.3. The summed E-state index contributed by atoms with van der Waals surface area (Å²) in [4.78, 5) is 26.7. The maximum Gasteiger partial charge on any atom is 0.303 e. The summed E-state index contributed by atoms with van der Waals surface area (Å²) < 4.78 is 0. The van der Waals surface area contributed by atoms with Crippen molar-refractivity contribution in [1.29, 1.82) is 0 Å². The summed E-state index contributed by atoms with van der Waals surface area (Å²) in [7, 11) is 0. The number of carboxylic acids is 1. The fraction of sp³-hybridized carbons (Fsp3) is 0.529. The van der Waals surface area contributed by atoms with Gasteiger partial charge >= 0.3 is 5.97 Å². The molecule has 1 aliphatic heterocycles. The van der Waals surface area contributed by atoms with Crippen LogP contribution < -0.4 is 4.90 Å². The number of aliphatic carboxylic acids is 1. The summed E-state index contributed by atoms with van der Waals surface area (Å²) >= 11 is 0. The number of hydrogen-bond acceptors (Lipinski definition) is 3. The second-order valence-corrected chi connectivity index (χ2v) is 5.96. The molecular weight excluding hydrogens is 280 g/mol. The number of amides is 1. The average Bonchev–Trinajstić information content (AvgIpc) is 2.46. The Balaban J connectivity index is 1.84. The molecule has 1 fully saturated rings. The monoisotopic (exact) mass is 304 g/mol. The van der Waals surface area contributed by atoms with Crippen LogP contribution in [0.1, 0.15) is 30.4 Å². The lowest BCUT2D eigenvalue weighted by Gasteiger charge is -2.36. The number of benzene rings is 1. The molecule has 0 unspecified atom stereocenters. The predicted molar refractivity (Wildman–Crippen MR) is 86.2 cm³/mol. The van der Waals surface area contributed by atoms with Crippen LogP contribution in [0.2, 0.25) is 0 Å². The van der Waals surface area contributed by atoms with Gasteiger partial charge in [0.15, 0.2) is 0 Å². The lowest BCUT2D eigenvalue weighted by atomic mass is 10.1. The van der Waals surface area contributed by atoms with Crippen LogP contribution in [0.4, 0.5) is 5.69 Å². The Kier molecular flexibility index (Phi) is 5.41. The maximum atomic E-state index is 12.0. The Hall–Kier alpha value is -2.04. The second kappa shape index (κ2) is 7.29. The SMILES string of the molecule is Cc1cc(C)cc(N2CCN(C(=O)CCCC(=O)O)CC2)c1. The third-order valence-electron chi connectivity index (χ3n) is 3.99. The molecule has 22 heavy (non-hydrogen) atoms. The van der Waals surface area contributed by atoms with Crippen molar-refractivity contribution in [3.05, 3.63) is 29.3 Å². The molecule has 1 N–H and O–H groups in total. The van der Waals surface area contributed by atoms with Gasteiger partial charge in [-0.2, -0.15) is 0 Å². The Morgan fingerprint density at radius 2 is 1.59 bits per heavy atom. The van der Waals surface area contributed by atoms with Gasteiger partial charge in [-0.3, -0.25) is 9.59 Å². The first kappa shape index (κ1) is 16.3. The minimum atomic E-state index is -0.840. The first-order valence-corrected chi connectivity index (χ1v) is 7.78. The zero-order valence-electron chi connectivity index (χ0n) is 13.3. The standard InChI is InChI=1S/C17H24N2O3/c1-13-10-14(2)12-15(11-13)18-6-8-19(9-7-18)16(20)4-3-5-17(21)22/h10-12H,3-9H2,1-2H3,(H,21,22). The Bertz CT molecular complexity index is 529. The van der Waals surface area contributed by atoms with E-state index in [1.807, 2.05) is 4.90 Å². The fourth-order valence-electron chi connectivity index (χ4n) is 2.90. The Labute approximate surface area is 131 Å². The van der Waals surface area contributed by atoms with Crippen LogP contribution in [0.5, 0.6) is 0 Å². The van der Waals surface area contributed by atoms with E-state index in [2.05, 4.69) is 36.9 Å². The molecule has 1 aromatic carbocycles. The number of hydrogen-bond donors (Lipinski definition) is 1. The molecule has 1 saturated heterocycles. The van der Waals surface area contributed by atoms with Gasteiger partial charge < -0.3 is 14.9 Å². The average molecular weight is 304 g/mol. The van der Waals surface area contributed by atoms with Crippen LogP contribution >= 0.6 is 0 Å². The van der Waals surface area contributed by atoms with E-state index in [0.717, 1.165) is 13.1 Å². The molecule has 120 valence electrons. The van der Waals surface area contributed by atoms with Crippen LogP contribution in [0.25, 0.3) is 0 Å². The molecule has 0 atom stereocenters. The zero-order chi connectivity index (χ0) is 16.1. The molecule has 1 amide bonds. The van der Waals surface area contributed by atoms with Gasteiger partial charge in [-0.25, -0.2) is 0 Å². The van der Waals surface area contributed by atoms with Gasteiger partial charge in [0.25, 0.3) is 0 Å². The van der Waals surface area contributed by atoms with E-state index >= 15 is 0 Å². The largest absolute Gasteiger partial charge is 0.481 e. The van der Waals surface area contributed by atoms with Gasteiger partial charge in [-0.1, -0.05) is 6.07 Å². The van der Waals surface area contributed by atoms with E-state index in [1.165, 1.54) is 16.8 Å². The van der Waals surface area contributed by atoms with Crippen LogP contribution in [0.15, 0.2) is 18.2 Å². The number of rotatable bonds is 5. The first-order valence-electron chi connectivity index (χ1n) is 7.78. The van der Waals surface area contributed by atoms with Crippen LogP contribution in [-0.4, -0.2) is 48.1 Å². The summed E-state index contributed by atoms with van der Waals surface area (Å²) in [6.07, 6.45) is 0.815. The summed E-state index contributed by atoms with van der Waals surface area (Å²) in [6, 6.07) is 6.51. The minimum absolute atomic E-state index is 0.0638. The van der Waals surface area contributed by atoms with Gasteiger partial charge in [0.1, 0.15) is 0 Å². The molecule has 5 heteroatoms. The molecule has 1 heterocycles. The highest BCUT2D eigenvalue weighted by atomic mass is 16.4. The van der Waals surface area contributed by atoms with E-state index < -0.39 is 5.97 Å². The molecule has 1 aromatic rings. The molecule has 0 saturated carbocycles. The van der Waals surface area contributed by atoms with Crippen molar-refractivity contribution in [2.24, 2.45) is 0 Å². The van der Waals surface area contributed by atoms with E-state index in [0.29, 0.717) is 25.9 Å². The molecular formula is C17H24N2O3. The van der Waals surface area contributed by atoms with Crippen molar-refractivity contribution in [3.8, 4) is 0 Å². The quantitative estimate of drug-likeness (QED) is 0.906. The predicted octanol–water partition coefficient (Wildman–Crippen LogP) is 2.21. The van der Waals surface area contributed by atoms with Crippen molar-refractivity contribution in [1.82, 2.24) is 4.90 Å². The van der Waals surface area contributed by atoms with Gasteiger partial charge in [-0.15, -0.1) is 0 Å². The van der Waals surface area contributed by atoms with Crippen molar-refractivity contribution in [2.75, 3.05) is 31.1 Å². The number of nitrogens with zero attached hydrogens (tertiary/aromatic N) is 2. The molecule has 0 aromatic heterocycles. The third-order valence-corrected chi connectivity index (χ3v) is 3.99. The van der Waals surface area contributed by atoms with Crippen molar-refractivity contribution >= 4 is 17.6 Å². The summed E-state index contributed by atoms with van der Waals surface area (Å²) in [5.74, 6) is -0.770. The first-order chi connectivity index (χ1) is 10.5. The molecule has 1 aliphatic rings. The smallest absolute Gasteiger partial charge is 0.303 e. The summed E-state index contributed by atoms with van der Waals surface area (Å²) in [6.45, 7) is 7.26. The Morgan fingerprint density at radius 1 is 1.00 bits per heavy atom. The third kappa shape index (κ3) is 4.48. The number of carbonyl (C=O) groups excluding carboxylic acids is 1. The van der Waals surface area contributed by atoms with Crippen LogP contribution in [0.3, 0.4) is 0 Å². The topological polar surface area (TPSA) is 60.9 Å². The fourth-order valence-corrected chi connectivity index (χ4v) is 2.90. The number of anilines is 1. The van der Waals surface area contributed by atoms with E-state index in [-0.39, 0.29) is 12.3 Å². The molecule has 0 aliphatic carbocycles. The van der Waals surface area contributed by atoms with Crippen molar-refractivity contribution < 1.29 is 14.7 Å². The van der Waals surface area contributed by atoms with Crippen molar-refractivity contribution in [3.63, 3.8) is 0 Å². The normalized spacial score (nSPS) is 15.0. The van der Waals surface area contributed by atoms with Gasteiger partial charge in [0.2, 0.25) is 5.91 Å². The number of carbonyl (C=O) groups is 2. The number of carboxylic acid groups (broad SMARTS) is 1. The van der Waals surface area contributed by atoms with Gasteiger partial charge in [-0.05, 0) is 43.5 Å². The van der Waals surface area contributed by atoms with E-state index in [1.54, 1.807) is 0 Å². The minimum Gasteiger partial charge on any atom is -0.481 e. The maximum absolute atomic E-state index is 12.0. The van der Waals surface area contributed by atoms with Crippen molar-refractivity contribution in [2.45, 2.75) is 33.1 Å². The molecule has 0 spiro atoms. The van der Waals surface area contributed by atoms with Gasteiger partial charge in [0.05, 0.1) is 0 Å². The van der Waals surface area contributed by atoms with Crippen LogP contribution in [-0.2, 0) is 9.59 Å². The van der Waals surface area contributed by atoms with Crippen LogP contribution in [0, 0.1) is 13.8 Å². The van der Waals surface area contributed by atoms with E-state index in [9.17, 15) is 9.59 Å². The summed E-state index contributed by atoms with van der Waals surface area (Å²) in [5, 5.41) is 8.61. The molecule has 0 radical (unpaired) electrons. The molecule has 2 rings (SSSR count). The highest BCUT2D eigenvalue weighted by molar-refractivity contribution is 5.77. The van der Waals surface area contributed by atoms with E-state index in [4.69, 9.17) is 5.11 Å². The second-order valence-electron chi connectivity index (χ2n) is 5.96. The number of aryl methyl sites for hydroxylation is 2. The lowest BCUT2D eigenvalue weighted by molar-refractivity contribution is -0.137. The number of piperazine rings is 1. The molecule has 0 bridgehead atoms. The van der Waals surface area contributed by atoms with Gasteiger partial charge in [0, 0.05) is 44.7 Å². The lowest BCUT2D eigenvalue weighted by Crippen LogP contribution is -2.48. The highest BCUT2D eigenvalue weighted by Crippen LogP contribution is 2.20. The highest BCUT2D eigenvalue weighted by Gasteiger charge is 2.21.